The van der Waals surface area contributed by atoms with Gasteiger partial charge in [-0.2, -0.15) is 11.8 Å². The molecule has 5 aliphatic heterocycles. The summed E-state index contributed by atoms with van der Waals surface area (Å²) in [5.74, 6) is 2.64. The molecule has 2 amide bonds. The smallest absolute Gasteiger partial charge is 0.320 e. The van der Waals surface area contributed by atoms with E-state index in [0.29, 0.717) is 12.0 Å². The fourth-order valence-electron chi connectivity index (χ4n) is 5.48. The maximum Gasteiger partial charge on any atom is 0.320 e. The van der Waals surface area contributed by atoms with E-state index >= 15 is 0 Å². The summed E-state index contributed by atoms with van der Waals surface area (Å²) in [5.41, 5.74) is 0.179. The van der Waals surface area contributed by atoms with Crippen LogP contribution in [0.15, 0.2) is 6.20 Å². The van der Waals surface area contributed by atoms with Crippen LogP contribution in [0.1, 0.15) is 34.1 Å². The first-order valence-corrected chi connectivity index (χ1v) is 14.2. The molecule has 7 nitrogen and oxygen atoms in total. The molecule has 5 saturated heterocycles. The average Bonchev–Trinajstić information content (AvgIpc) is 3.18. The van der Waals surface area contributed by atoms with Gasteiger partial charge >= 0.3 is 6.03 Å². The molecule has 1 aromatic heterocycles. The maximum absolute atomic E-state index is 13.3. The SMILES string of the molecule is CC.CC1(C)CC2CN(C(=O)N3CCSCC3)CC1N(c1cnc(N3CCOCC3)s1)C2. The molecular formula is C23H39N5O2S2. The first-order valence-electron chi connectivity index (χ1n) is 12.2. The lowest BCUT2D eigenvalue weighted by Gasteiger charge is -2.47. The zero-order chi connectivity index (χ0) is 22.7. The van der Waals surface area contributed by atoms with Crippen LogP contribution in [0.5, 0.6) is 0 Å². The molecule has 6 rings (SSSR count). The number of rotatable bonds is 2. The lowest BCUT2D eigenvalue weighted by molar-refractivity contribution is 0.122. The maximum atomic E-state index is 13.3. The van der Waals surface area contributed by atoms with Gasteiger partial charge < -0.3 is 24.3 Å². The van der Waals surface area contributed by atoms with Crippen molar-refractivity contribution in [3.63, 3.8) is 0 Å². The number of piperidine rings is 1. The minimum Gasteiger partial charge on any atom is -0.378 e. The third-order valence-corrected chi connectivity index (χ3v) is 9.06. The van der Waals surface area contributed by atoms with Crippen LogP contribution in [0.2, 0.25) is 0 Å². The molecule has 0 aromatic carbocycles. The predicted molar refractivity (Wildman–Crippen MR) is 135 cm³/mol. The summed E-state index contributed by atoms with van der Waals surface area (Å²) in [6.07, 6.45) is 3.24. The number of anilines is 2. The standard InChI is InChI=1S/C21H33N5O2S2.C2H6/c1-21(2)11-16-13-25(20(27)24-5-9-29-10-6-24)15-17(21)26(14-16)18-12-22-19(30-18)23-3-7-28-8-4-23;1-2/h12,16-17H,3-11,13-15H2,1-2H3;1-2H3. The summed E-state index contributed by atoms with van der Waals surface area (Å²) in [7, 11) is 0. The molecule has 2 bridgehead atoms. The predicted octanol–water partition coefficient (Wildman–Crippen LogP) is 3.71. The number of carbonyl (C=O) groups is 1. The van der Waals surface area contributed by atoms with Gasteiger partial charge in [0.05, 0.1) is 25.5 Å². The molecular weight excluding hydrogens is 442 g/mol. The van der Waals surface area contributed by atoms with E-state index in [2.05, 4.69) is 39.6 Å². The molecule has 1 aromatic rings. The fraction of sp³-hybridized carbons (Fsp3) is 0.826. The zero-order valence-corrected chi connectivity index (χ0v) is 21.7. The number of carbonyl (C=O) groups excluding carboxylic acids is 1. The number of hydrogen-bond acceptors (Lipinski definition) is 7. The first kappa shape index (κ1) is 24.0. The highest BCUT2D eigenvalue weighted by Gasteiger charge is 2.47. The van der Waals surface area contributed by atoms with Gasteiger partial charge in [0, 0.05) is 57.3 Å². The topological polar surface area (TPSA) is 52.2 Å². The number of hydrogen-bond donors (Lipinski definition) is 0. The van der Waals surface area contributed by atoms with Gasteiger partial charge in [-0.05, 0) is 17.8 Å². The Morgan fingerprint density at radius 2 is 1.78 bits per heavy atom. The van der Waals surface area contributed by atoms with Crippen LogP contribution in [-0.2, 0) is 4.74 Å². The molecule has 2 atom stereocenters. The molecule has 0 saturated carbocycles. The second-order valence-corrected chi connectivity index (χ2v) is 11.8. The summed E-state index contributed by atoms with van der Waals surface area (Å²) in [4.78, 5) is 27.2. The van der Waals surface area contributed by atoms with Crippen molar-refractivity contribution in [3.05, 3.63) is 6.20 Å². The Hall–Kier alpha value is -1.19. The van der Waals surface area contributed by atoms with E-state index < -0.39 is 0 Å². The van der Waals surface area contributed by atoms with Crippen molar-refractivity contribution >= 4 is 39.3 Å². The highest BCUT2D eigenvalue weighted by Crippen LogP contribution is 2.45. The van der Waals surface area contributed by atoms with Crippen LogP contribution in [0.4, 0.5) is 14.9 Å². The number of nitrogens with zero attached hydrogens (tertiary/aromatic N) is 5. The number of urea groups is 1. The second-order valence-electron chi connectivity index (χ2n) is 9.59. The first-order chi connectivity index (χ1) is 15.5. The number of morpholine rings is 1. The Morgan fingerprint density at radius 1 is 1.06 bits per heavy atom. The van der Waals surface area contributed by atoms with E-state index in [4.69, 9.17) is 9.72 Å². The van der Waals surface area contributed by atoms with E-state index in [1.165, 1.54) is 11.4 Å². The zero-order valence-electron chi connectivity index (χ0n) is 20.1. The molecule has 0 radical (unpaired) electrons. The molecule has 5 aliphatic rings. The number of ether oxygens (including phenoxy) is 1. The molecule has 32 heavy (non-hydrogen) atoms. The van der Waals surface area contributed by atoms with Crippen LogP contribution in [0.25, 0.3) is 0 Å². The molecule has 180 valence electrons. The molecule has 9 heteroatoms. The van der Waals surface area contributed by atoms with Crippen molar-refractivity contribution < 1.29 is 9.53 Å². The van der Waals surface area contributed by atoms with Crippen molar-refractivity contribution in [2.45, 2.75) is 40.2 Å². The van der Waals surface area contributed by atoms with Gasteiger partial charge in [0.25, 0.3) is 0 Å². The fourth-order valence-corrected chi connectivity index (χ4v) is 7.41. The Labute approximate surface area is 201 Å². The minimum absolute atomic E-state index is 0.179. The Kier molecular flexibility index (Phi) is 7.77. The number of fused-ring (bicyclic) bond motifs is 4. The second kappa shape index (κ2) is 10.4. The van der Waals surface area contributed by atoms with Crippen molar-refractivity contribution in [2.24, 2.45) is 11.3 Å². The number of amides is 2. The Bertz CT molecular complexity index is 761. The van der Waals surface area contributed by atoms with E-state index in [1.54, 1.807) is 11.3 Å². The number of thioether (sulfide) groups is 1. The van der Waals surface area contributed by atoms with Crippen LogP contribution in [0.3, 0.4) is 0 Å². The Morgan fingerprint density at radius 3 is 2.50 bits per heavy atom. The van der Waals surface area contributed by atoms with Gasteiger partial charge in [-0.1, -0.05) is 39.0 Å². The lowest BCUT2D eigenvalue weighted by atomic mass is 9.73. The Balaban J connectivity index is 0.00000119. The van der Waals surface area contributed by atoms with Gasteiger partial charge in [-0.15, -0.1) is 0 Å². The normalized spacial score (nSPS) is 27.6. The van der Waals surface area contributed by atoms with Crippen LogP contribution < -0.4 is 9.80 Å². The van der Waals surface area contributed by atoms with Gasteiger partial charge in [0.1, 0.15) is 5.00 Å². The lowest BCUT2D eigenvalue weighted by Crippen LogP contribution is -2.54. The van der Waals surface area contributed by atoms with Crippen LogP contribution in [-0.4, -0.2) is 97.4 Å². The summed E-state index contributed by atoms with van der Waals surface area (Å²) in [6.45, 7) is 16.7. The number of thiazole rings is 1. The van der Waals surface area contributed by atoms with Crippen molar-refractivity contribution in [3.8, 4) is 0 Å². The van der Waals surface area contributed by atoms with Crippen molar-refractivity contribution in [2.75, 3.05) is 80.3 Å². The minimum atomic E-state index is 0.179. The summed E-state index contributed by atoms with van der Waals surface area (Å²) in [5, 5.41) is 2.35. The van der Waals surface area contributed by atoms with Gasteiger partial charge in [-0.3, -0.25) is 0 Å². The molecule has 0 N–H and O–H groups in total. The molecule has 2 unspecified atom stereocenters. The third-order valence-electron chi connectivity index (χ3n) is 7.02. The van der Waals surface area contributed by atoms with Crippen LogP contribution in [0, 0.1) is 11.3 Å². The molecule has 0 spiro atoms. The molecule has 5 fully saturated rings. The summed E-state index contributed by atoms with van der Waals surface area (Å²) < 4.78 is 5.49. The van der Waals surface area contributed by atoms with Crippen molar-refractivity contribution in [1.29, 1.82) is 0 Å². The molecule has 6 heterocycles. The third kappa shape index (κ3) is 4.99. The number of aromatic nitrogens is 1. The van der Waals surface area contributed by atoms with E-state index in [-0.39, 0.29) is 11.4 Å². The summed E-state index contributed by atoms with van der Waals surface area (Å²) in [6, 6.07) is 0.584. The largest absolute Gasteiger partial charge is 0.378 e. The highest BCUT2D eigenvalue weighted by atomic mass is 32.2. The molecule has 0 aliphatic carbocycles. The van der Waals surface area contributed by atoms with Crippen molar-refractivity contribution in [1.82, 2.24) is 14.8 Å². The average molecular weight is 482 g/mol. The van der Waals surface area contributed by atoms with Gasteiger partial charge in [0.15, 0.2) is 5.13 Å². The van der Waals surface area contributed by atoms with E-state index in [1.807, 2.05) is 25.6 Å². The van der Waals surface area contributed by atoms with E-state index in [9.17, 15) is 4.79 Å². The summed E-state index contributed by atoms with van der Waals surface area (Å²) >= 11 is 3.76. The highest BCUT2D eigenvalue weighted by molar-refractivity contribution is 7.99. The van der Waals surface area contributed by atoms with Gasteiger partial charge in [-0.25, -0.2) is 9.78 Å². The van der Waals surface area contributed by atoms with Gasteiger partial charge in [0.2, 0.25) is 0 Å². The van der Waals surface area contributed by atoms with E-state index in [0.717, 1.165) is 75.7 Å². The quantitative estimate of drug-likeness (QED) is 0.642. The van der Waals surface area contributed by atoms with Crippen LogP contribution >= 0.6 is 23.1 Å². The monoisotopic (exact) mass is 481 g/mol.